The minimum absolute atomic E-state index is 0.136. The van der Waals surface area contributed by atoms with Gasteiger partial charge in [0.05, 0.1) is 23.7 Å². The highest BCUT2D eigenvalue weighted by Gasteiger charge is 2.29. The zero-order valence-electron chi connectivity index (χ0n) is 19.6. The molecule has 0 bridgehead atoms. The summed E-state index contributed by atoms with van der Waals surface area (Å²) in [7, 11) is 1.84. The molecule has 0 spiro atoms. The number of hydrogen-bond acceptors (Lipinski definition) is 7. The van der Waals surface area contributed by atoms with Gasteiger partial charge in [-0.2, -0.15) is 0 Å². The van der Waals surface area contributed by atoms with Gasteiger partial charge in [-0.1, -0.05) is 22.9 Å². The van der Waals surface area contributed by atoms with Crippen molar-refractivity contribution in [2.45, 2.75) is 25.9 Å². The summed E-state index contributed by atoms with van der Waals surface area (Å²) in [5.74, 6) is 0.340. The minimum Gasteiger partial charge on any atom is -0.327 e. The third-order valence-electron chi connectivity index (χ3n) is 5.74. The lowest BCUT2D eigenvalue weighted by Gasteiger charge is -2.32. The number of carbonyl (C=O) groups is 1. The van der Waals surface area contributed by atoms with Crippen LogP contribution in [0.5, 0.6) is 0 Å². The number of aromatic nitrogens is 5. The fourth-order valence-corrected chi connectivity index (χ4v) is 4.25. The number of fused-ring (bicyclic) bond motifs is 1. The summed E-state index contributed by atoms with van der Waals surface area (Å²) in [5, 5.41) is 3.54. The van der Waals surface area contributed by atoms with Gasteiger partial charge in [0.2, 0.25) is 0 Å². The molecule has 1 aromatic carbocycles. The fourth-order valence-electron chi connectivity index (χ4n) is 3.98. The second kappa shape index (κ2) is 11.3. The number of hydrogen-bond donors (Lipinski definition) is 1. The van der Waals surface area contributed by atoms with Crippen molar-refractivity contribution in [3.63, 3.8) is 0 Å². The van der Waals surface area contributed by atoms with Crippen LogP contribution in [0.1, 0.15) is 41.3 Å². The first-order valence-electron chi connectivity index (χ1n) is 11.3. The summed E-state index contributed by atoms with van der Waals surface area (Å²) < 4.78 is 2.49. The first kappa shape index (κ1) is 24.6. The fraction of sp³-hybridized carbons (Fsp3) is 0.280. The average Bonchev–Trinajstić information content (AvgIpc) is 2.89. The number of pyridine rings is 1. The van der Waals surface area contributed by atoms with Crippen molar-refractivity contribution in [3.05, 3.63) is 93.1 Å². The quantitative estimate of drug-likeness (QED) is 0.350. The van der Waals surface area contributed by atoms with Crippen molar-refractivity contribution in [2.75, 3.05) is 20.1 Å². The summed E-state index contributed by atoms with van der Waals surface area (Å²) >= 11 is 3.42. The molecule has 0 aliphatic heterocycles. The second-order valence-electron chi connectivity index (χ2n) is 7.97. The van der Waals surface area contributed by atoms with Gasteiger partial charge in [0, 0.05) is 35.5 Å². The van der Waals surface area contributed by atoms with E-state index >= 15 is 0 Å². The molecule has 0 fully saturated rings. The highest BCUT2D eigenvalue weighted by atomic mass is 79.9. The number of carbonyl (C=O) groups excluding carboxylic acids is 1. The first-order valence-corrected chi connectivity index (χ1v) is 12.1. The Bertz CT molecular complexity index is 1360. The Hall–Kier alpha value is -3.50. The molecule has 10 heteroatoms. The first-order chi connectivity index (χ1) is 17.0. The molecule has 0 radical (unpaired) electrons. The van der Waals surface area contributed by atoms with Crippen molar-refractivity contribution < 1.29 is 4.79 Å². The Labute approximate surface area is 211 Å². The molecule has 35 heavy (non-hydrogen) atoms. The predicted octanol–water partition coefficient (Wildman–Crippen LogP) is 3.21. The molecule has 1 amide bonds. The van der Waals surface area contributed by atoms with Gasteiger partial charge in [-0.15, -0.1) is 0 Å². The lowest BCUT2D eigenvalue weighted by atomic mass is 10.1. The van der Waals surface area contributed by atoms with E-state index in [-0.39, 0.29) is 18.0 Å². The molecule has 180 valence electrons. The van der Waals surface area contributed by atoms with Crippen molar-refractivity contribution in [1.29, 1.82) is 0 Å². The van der Waals surface area contributed by atoms with Gasteiger partial charge in [0.1, 0.15) is 12.2 Å². The zero-order valence-corrected chi connectivity index (χ0v) is 21.1. The topological polar surface area (TPSA) is 106 Å². The van der Waals surface area contributed by atoms with E-state index in [1.807, 2.05) is 26.1 Å². The van der Waals surface area contributed by atoms with E-state index in [4.69, 9.17) is 4.98 Å². The summed E-state index contributed by atoms with van der Waals surface area (Å²) in [6.07, 6.45) is 5.25. The van der Waals surface area contributed by atoms with Crippen LogP contribution in [0, 0.1) is 0 Å². The minimum atomic E-state index is -0.458. The molecule has 0 saturated heterocycles. The van der Waals surface area contributed by atoms with Crippen LogP contribution >= 0.6 is 15.9 Å². The molecule has 1 unspecified atom stereocenters. The van der Waals surface area contributed by atoms with Crippen LogP contribution in [-0.2, 0) is 6.54 Å². The number of rotatable bonds is 9. The number of amides is 1. The maximum atomic E-state index is 13.7. The van der Waals surface area contributed by atoms with Crippen LogP contribution in [-0.4, -0.2) is 55.4 Å². The van der Waals surface area contributed by atoms with E-state index in [2.05, 4.69) is 36.2 Å². The largest absolute Gasteiger partial charge is 0.327 e. The molecule has 0 aliphatic carbocycles. The van der Waals surface area contributed by atoms with Gasteiger partial charge in [0.25, 0.3) is 11.5 Å². The summed E-state index contributed by atoms with van der Waals surface area (Å²) in [5.41, 5.74) is 1.37. The highest BCUT2D eigenvalue weighted by Crippen LogP contribution is 2.26. The van der Waals surface area contributed by atoms with Crippen LogP contribution in [0.4, 0.5) is 0 Å². The van der Waals surface area contributed by atoms with Crippen molar-refractivity contribution in [1.82, 2.24) is 34.7 Å². The van der Waals surface area contributed by atoms with Crippen LogP contribution < -0.4 is 10.9 Å². The Morgan fingerprint density at radius 1 is 1.14 bits per heavy atom. The third kappa shape index (κ3) is 5.44. The van der Waals surface area contributed by atoms with E-state index in [0.717, 1.165) is 4.47 Å². The molecule has 0 aliphatic rings. The Kier molecular flexibility index (Phi) is 7.94. The monoisotopic (exact) mass is 535 g/mol. The SMILES string of the molecule is CCC(c1nc2ncccc2c(=O)n1Cc1ccncn1)N(CCNC)C(=O)c1ccc(Br)cc1. The molecule has 3 heterocycles. The van der Waals surface area contributed by atoms with Crippen LogP contribution in [0.15, 0.2) is 70.5 Å². The molecule has 1 atom stereocenters. The van der Waals surface area contributed by atoms with Gasteiger partial charge in [-0.25, -0.2) is 19.9 Å². The Balaban J connectivity index is 1.86. The Morgan fingerprint density at radius 3 is 2.63 bits per heavy atom. The van der Waals surface area contributed by atoms with E-state index in [0.29, 0.717) is 47.6 Å². The van der Waals surface area contributed by atoms with Gasteiger partial charge < -0.3 is 10.2 Å². The van der Waals surface area contributed by atoms with E-state index in [9.17, 15) is 9.59 Å². The molecule has 0 saturated carbocycles. The normalized spacial score (nSPS) is 12.0. The molecular weight excluding hydrogens is 510 g/mol. The smallest absolute Gasteiger partial charge is 0.263 e. The van der Waals surface area contributed by atoms with Crippen LogP contribution in [0.25, 0.3) is 11.0 Å². The molecule has 4 rings (SSSR count). The molecule has 9 nitrogen and oxygen atoms in total. The summed E-state index contributed by atoms with van der Waals surface area (Å²) in [6, 6.07) is 12.0. The number of likely N-dealkylation sites (N-methyl/N-ethyl adjacent to an activating group) is 1. The van der Waals surface area contributed by atoms with Crippen molar-refractivity contribution >= 4 is 32.9 Å². The standard InChI is InChI=1S/C25H26BrN7O2/c1-3-21(32(14-13-27-2)24(34)17-6-8-18(26)9-7-17)23-31-22-20(5-4-11-29-22)25(35)33(23)15-19-10-12-28-16-30-19/h4-12,16,21,27H,3,13-15H2,1-2H3. The lowest BCUT2D eigenvalue weighted by Crippen LogP contribution is -2.42. The predicted molar refractivity (Wildman–Crippen MR) is 137 cm³/mol. The van der Waals surface area contributed by atoms with Crippen molar-refractivity contribution in [3.8, 4) is 0 Å². The molecule has 4 aromatic rings. The van der Waals surface area contributed by atoms with E-state index in [1.54, 1.807) is 52.2 Å². The third-order valence-corrected chi connectivity index (χ3v) is 6.27. The van der Waals surface area contributed by atoms with E-state index < -0.39 is 6.04 Å². The van der Waals surface area contributed by atoms with Crippen molar-refractivity contribution in [2.24, 2.45) is 0 Å². The maximum absolute atomic E-state index is 13.7. The number of nitrogens with zero attached hydrogens (tertiary/aromatic N) is 6. The molecular formula is C25H26BrN7O2. The van der Waals surface area contributed by atoms with Crippen LogP contribution in [0.2, 0.25) is 0 Å². The maximum Gasteiger partial charge on any atom is 0.263 e. The number of benzene rings is 1. The highest BCUT2D eigenvalue weighted by molar-refractivity contribution is 9.10. The number of nitrogens with one attached hydrogen (secondary N) is 1. The van der Waals surface area contributed by atoms with Gasteiger partial charge in [-0.05, 0) is 55.9 Å². The van der Waals surface area contributed by atoms with Crippen LogP contribution in [0.3, 0.4) is 0 Å². The molecule has 3 aromatic heterocycles. The lowest BCUT2D eigenvalue weighted by molar-refractivity contribution is 0.0660. The van der Waals surface area contributed by atoms with Gasteiger partial charge in [0.15, 0.2) is 5.65 Å². The van der Waals surface area contributed by atoms with E-state index in [1.165, 1.54) is 6.33 Å². The summed E-state index contributed by atoms with van der Waals surface area (Å²) in [4.78, 5) is 46.5. The summed E-state index contributed by atoms with van der Waals surface area (Å²) in [6.45, 7) is 3.21. The Morgan fingerprint density at radius 2 is 1.94 bits per heavy atom. The van der Waals surface area contributed by atoms with Gasteiger partial charge in [-0.3, -0.25) is 14.2 Å². The zero-order chi connectivity index (χ0) is 24.8. The molecule has 1 N–H and O–H groups in total. The van der Waals surface area contributed by atoms with Gasteiger partial charge >= 0.3 is 0 Å². The average molecular weight is 536 g/mol. The number of halogens is 1. The second-order valence-corrected chi connectivity index (χ2v) is 8.89.